The molecule has 1 aromatic carbocycles. The third kappa shape index (κ3) is 3.88. The molecule has 1 aliphatic rings. The Morgan fingerprint density at radius 2 is 2.08 bits per heavy atom. The van der Waals surface area contributed by atoms with Gasteiger partial charge in [-0.25, -0.2) is 4.79 Å². The third-order valence-corrected chi connectivity index (χ3v) is 4.70. The zero-order valence-corrected chi connectivity index (χ0v) is 15.1. The molecule has 1 aromatic heterocycles. The van der Waals surface area contributed by atoms with Crippen molar-refractivity contribution in [1.82, 2.24) is 14.5 Å². The Bertz CT molecular complexity index is 894. The normalized spacial score (nSPS) is 16.9. The van der Waals surface area contributed by atoms with E-state index in [0.29, 0.717) is 24.1 Å². The van der Waals surface area contributed by atoms with Gasteiger partial charge in [-0.05, 0) is 31.4 Å². The number of fused-ring (bicyclic) bond motifs is 1. The van der Waals surface area contributed by atoms with Gasteiger partial charge in [-0.15, -0.1) is 0 Å². The Kier molecular flexibility index (Phi) is 5.88. The van der Waals surface area contributed by atoms with Crippen molar-refractivity contribution in [2.45, 2.75) is 51.8 Å². The van der Waals surface area contributed by atoms with Crippen LogP contribution in [0.25, 0.3) is 10.9 Å². The standard InChI is InChI=1S/C19H25N3O4/c1-2-3-10-20-17(23)13-21-16-9-5-4-8-15(16)18(24)22(19(21)25)12-14-7-6-11-26-14/h4-5,8-9,14H,2-3,6-7,10-13H2,1H3,(H,20,23). The number of para-hydroxylation sites is 1. The summed E-state index contributed by atoms with van der Waals surface area (Å²) in [7, 11) is 0. The van der Waals surface area contributed by atoms with Crippen molar-refractivity contribution in [1.29, 1.82) is 0 Å². The first kappa shape index (κ1) is 18.4. The SMILES string of the molecule is CCCCNC(=O)Cn1c(=O)n(CC2CCCO2)c(=O)c2ccccc21. The summed E-state index contributed by atoms with van der Waals surface area (Å²) in [4.78, 5) is 38.0. The first-order valence-corrected chi connectivity index (χ1v) is 9.22. The highest BCUT2D eigenvalue weighted by atomic mass is 16.5. The second kappa shape index (κ2) is 8.31. The topological polar surface area (TPSA) is 82.3 Å². The summed E-state index contributed by atoms with van der Waals surface area (Å²) in [6.07, 6.45) is 3.50. The Balaban J connectivity index is 1.98. The van der Waals surface area contributed by atoms with E-state index in [9.17, 15) is 14.4 Å². The Labute approximate surface area is 151 Å². The number of benzene rings is 1. The molecule has 1 saturated heterocycles. The van der Waals surface area contributed by atoms with Crippen molar-refractivity contribution in [3.8, 4) is 0 Å². The summed E-state index contributed by atoms with van der Waals surface area (Å²) in [5.74, 6) is -0.229. The van der Waals surface area contributed by atoms with Crippen LogP contribution in [0.4, 0.5) is 0 Å². The predicted octanol–water partition coefficient (Wildman–Crippen LogP) is 1.26. The lowest BCUT2D eigenvalue weighted by Gasteiger charge is -2.16. The van der Waals surface area contributed by atoms with E-state index in [1.807, 2.05) is 6.92 Å². The molecule has 3 rings (SSSR count). The van der Waals surface area contributed by atoms with Crippen LogP contribution in [0.15, 0.2) is 33.9 Å². The fourth-order valence-electron chi connectivity index (χ4n) is 3.28. The minimum atomic E-state index is -0.463. The van der Waals surface area contributed by atoms with Crippen molar-refractivity contribution in [2.24, 2.45) is 0 Å². The van der Waals surface area contributed by atoms with E-state index < -0.39 is 5.69 Å². The van der Waals surface area contributed by atoms with Crippen LogP contribution in [0.1, 0.15) is 32.6 Å². The highest BCUT2D eigenvalue weighted by Crippen LogP contribution is 2.13. The van der Waals surface area contributed by atoms with E-state index in [0.717, 1.165) is 25.7 Å². The lowest BCUT2D eigenvalue weighted by Crippen LogP contribution is -2.44. The number of nitrogens with one attached hydrogen (secondary N) is 1. The molecule has 26 heavy (non-hydrogen) atoms. The third-order valence-electron chi connectivity index (χ3n) is 4.70. The van der Waals surface area contributed by atoms with Crippen LogP contribution in [0.2, 0.25) is 0 Å². The lowest BCUT2D eigenvalue weighted by atomic mass is 10.2. The van der Waals surface area contributed by atoms with Crippen LogP contribution in [-0.2, 0) is 22.6 Å². The van der Waals surface area contributed by atoms with Gasteiger partial charge in [-0.3, -0.25) is 18.7 Å². The Morgan fingerprint density at radius 3 is 2.81 bits per heavy atom. The average Bonchev–Trinajstić information content (AvgIpc) is 3.16. The molecule has 1 atom stereocenters. The van der Waals surface area contributed by atoms with Gasteiger partial charge in [0.05, 0.1) is 23.6 Å². The zero-order valence-electron chi connectivity index (χ0n) is 15.1. The molecule has 0 aliphatic carbocycles. The molecule has 2 heterocycles. The van der Waals surface area contributed by atoms with Crippen LogP contribution in [-0.4, -0.2) is 34.3 Å². The molecule has 0 spiro atoms. The number of nitrogens with zero attached hydrogens (tertiary/aromatic N) is 2. The number of aromatic nitrogens is 2. The van der Waals surface area contributed by atoms with Crippen LogP contribution in [0.5, 0.6) is 0 Å². The van der Waals surface area contributed by atoms with Crippen molar-refractivity contribution < 1.29 is 9.53 Å². The Morgan fingerprint density at radius 1 is 1.27 bits per heavy atom. The van der Waals surface area contributed by atoms with Gasteiger partial charge in [0, 0.05) is 13.2 Å². The number of hydrogen-bond acceptors (Lipinski definition) is 4. The van der Waals surface area contributed by atoms with E-state index in [1.165, 1.54) is 9.13 Å². The molecule has 1 amide bonds. The molecule has 1 aliphatic heterocycles. The molecule has 1 fully saturated rings. The molecule has 7 heteroatoms. The van der Waals surface area contributed by atoms with Gasteiger partial charge < -0.3 is 10.1 Å². The molecule has 0 bridgehead atoms. The van der Waals surface area contributed by atoms with Crippen LogP contribution < -0.4 is 16.6 Å². The molecule has 7 nitrogen and oxygen atoms in total. The predicted molar refractivity (Wildman–Crippen MR) is 99.4 cm³/mol. The van der Waals surface area contributed by atoms with Crippen LogP contribution >= 0.6 is 0 Å². The van der Waals surface area contributed by atoms with E-state index in [-0.39, 0.29) is 30.7 Å². The fraction of sp³-hybridized carbons (Fsp3) is 0.526. The molecular formula is C19H25N3O4. The minimum Gasteiger partial charge on any atom is -0.376 e. The summed E-state index contributed by atoms with van der Waals surface area (Å²) in [5.41, 5.74) is -0.310. The highest BCUT2D eigenvalue weighted by Gasteiger charge is 2.21. The number of carbonyl (C=O) groups excluding carboxylic acids is 1. The smallest absolute Gasteiger partial charge is 0.332 e. The maximum Gasteiger partial charge on any atom is 0.332 e. The first-order valence-electron chi connectivity index (χ1n) is 9.22. The van der Waals surface area contributed by atoms with Crippen molar-refractivity contribution in [3.63, 3.8) is 0 Å². The summed E-state index contributed by atoms with van der Waals surface area (Å²) in [6, 6.07) is 6.91. The largest absolute Gasteiger partial charge is 0.376 e. The van der Waals surface area contributed by atoms with E-state index in [2.05, 4.69) is 5.32 Å². The number of carbonyl (C=O) groups is 1. The average molecular weight is 359 g/mol. The second-order valence-corrected chi connectivity index (χ2v) is 6.64. The van der Waals surface area contributed by atoms with Gasteiger partial charge in [0.1, 0.15) is 6.54 Å². The van der Waals surface area contributed by atoms with Gasteiger partial charge >= 0.3 is 5.69 Å². The monoisotopic (exact) mass is 359 g/mol. The first-order chi connectivity index (χ1) is 12.6. The van der Waals surface area contributed by atoms with Gasteiger partial charge in [-0.2, -0.15) is 0 Å². The van der Waals surface area contributed by atoms with Gasteiger partial charge in [-0.1, -0.05) is 25.5 Å². The van der Waals surface area contributed by atoms with E-state index in [4.69, 9.17) is 4.74 Å². The molecule has 0 radical (unpaired) electrons. The highest BCUT2D eigenvalue weighted by molar-refractivity contribution is 5.81. The maximum absolute atomic E-state index is 12.9. The fourth-order valence-corrected chi connectivity index (χ4v) is 3.28. The number of ether oxygens (including phenoxy) is 1. The molecule has 2 aromatic rings. The van der Waals surface area contributed by atoms with Gasteiger partial charge in [0.25, 0.3) is 5.56 Å². The van der Waals surface area contributed by atoms with Crippen LogP contribution in [0, 0.1) is 0 Å². The van der Waals surface area contributed by atoms with Crippen molar-refractivity contribution in [3.05, 3.63) is 45.1 Å². The number of rotatable bonds is 7. The summed E-state index contributed by atoms with van der Waals surface area (Å²) in [6.45, 7) is 3.40. The number of unbranched alkanes of at least 4 members (excludes halogenated alkanes) is 1. The molecular weight excluding hydrogens is 334 g/mol. The van der Waals surface area contributed by atoms with E-state index >= 15 is 0 Å². The van der Waals surface area contributed by atoms with Gasteiger partial charge in [0.15, 0.2) is 0 Å². The van der Waals surface area contributed by atoms with Gasteiger partial charge in [0.2, 0.25) is 5.91 Å². The Hall–Kier alpha value is -2.41. The maximum atomic E-state index is 12.9. The summed E-state index contributed by atoms with van der Waals surface area (Å²) < 4.78 is 8.17. The summed E-state index contributed by atoms with van der Waals surface area (Å²) >= 11 is 0. The molecule has 0 saturated carbocycles. The number of amides is 1. The van der Waals surface area contributed by atoms with Crippen LogP contribution in [0.3, 0.4) is 0 Å². The minimum absolute atomic E-state index is 0.102. The molecule has 1 unspecified atom stereocenters. The molecule has 140 valence electrons. The molecule has 1 N–H and O–H groups in total. The van der Waals surface area contributed by atoms with E-state index in [1.54, 1.807) is 24.3 Å². The number of hydrogen-bond donors (Lipinski definition) is 1. The summed E-state index contributed by atoms with van der Waals surface area (Å²) in [5, 5.41) is 3.26. The second-order valence-electron chi connectivity index (χ2n) is 6.64. The van der Waals surface area contributed by atoms with Crippen molar-refractivity contribution >= 4 is 16.8 Å². The van der Waals surface area contributed by atoms with Crippen molar-refractivity contribution in [2.75, 3.05) is 13.2 Å². The zero-order chi connectivity index (χ0) is 18.5. The lowest BCUT2D eigenvalue weighted by molar-refractivity contribution is -0.121. The quantitative estimate of drug-likeness (QED) is 0.755.